The second kappa shape index (κ2) is 5.76. The minimum atomic E-state index is -4.24. The van der Waals surface area contributed by atoms with Gasteiger partial charge in [0.05, 0.1) is 12.9 Å². The molecule has 0 amide bonds. The van der Waals surface area contributed by atoms with Gasteiger partial charge >= 0.3 is 16.0 Å². The van der Waals surface area contributed by atoms with E-state index in [1.807, 2.05) is 0 Å². The molecule has 1 fully saturated rings. The first-order chi connectivity index (χ1) is 11.2. The van der Waals surface area contributed by atoms with E-state index in [0.717, 1.165) is 0 Å². The Labute approximate surface area is 134 Å². The van der Waals surface area contributed by atoms with Gasteiger partial charge in [-0.2, -0.15) is 13.4 Å². The van der Waals surface area contributed by atoms with E-state index in [-0.39, 0.29) is 17.0 Å². The van der Waals surface area contributed by atoms with Crippen molar-refractivity contribution in [2.75, 3.05) is 12.3 Å². The lowest BCUT2D eigenvalue weighted by Gasteiger charge is -2.16. The van der Waals surface area contributed by atoms with Crippen molar-refractivity contribution in [3.63, 3.8) is 0 Å². The summed E-state index contributed by atoms with van der Waals surface area (Å²) in [6.45, 7) is -0.601. The van der Waals surface area contributed by atoms with E-state index in [0.29, 0.717) is 0 Å². The zero-order valence-corrected chi connectivity index (χ0v) is 12.8. The minimum Gasteiger partial charge on any atom is -0.387 e. The SMILES string of the molecule is Nc1[nH]c(=O)nc2c1ncn2[C@@H]1O[C@H](COS(N)(=O)=O)[C@@H](O)[C@H]1O. The Balaban J connectivity index is 1.91. The number of imidazole rings is 1. The van der Waals surface area contributed by atoms with Gasteiger partial charge in [0.25, 0.3) is 0 Å². The molecule has 7 N–H and O–H groups in total. The number of nitrogens with zero attached hydrogens (tertiary/aromatic N) is 3. The normalized spacial score (nSPS) is 27.8. The van der Waals surface area contributed by atoms with E-state index in [4.69, 9.17) is 15.6 Å². The summed E-state index contributed by atoms with van der Waals surface area (Å²) in [7, 11) is -4.24. The average Bonchev–Trinajstić information content (AvgIpc) is 3.00. The molecule has 0 saturated carbocycles. The van der Waals surface area contributed by atoms with E-state index in [1.165, 1.54) is 10.9 Å². The summed E-state index contributed by atoms with van der Waals surface area (Å²) in [5.41, 5.74) is 5.10. The molecule has 0 bridgehead atoms. The first kappa shape index (κ1) is 16.7. The maximum Gasteiger partial charge on any atom is 0.348 e. The lowest BCUT2D eigenvalue weighted by Crippen LogP contribution is -2.35. The number of aromatic nitrogens is 4. The highest BCUT2D eigenvalue weighted by atomic mass is 32.2. The summed E-state index contributed by atoms with van der Waals surface area (Å²) in [6.07, 6.45) is -4.08. The number of rotatable bonds is 4. The number of anilines is 1. The van der Waals surface area contributed by atoms with Crippen LogP contribution in [0, 0.1) is 0 Å². The van der Waals surface area contributed by atoms with Crippen LogP contribution in [-0.2, 0) is 19.2 Å². The van der Waals surface area contributed by atoms with Gasteiger partial charge in [-0.3, -0.25) is 13.7 Å². The molecule has 24 heavy (non-hydrogen) atoms. The first-order valence-electron chi connectivity index (χ1n) is 6.58. The number of aliphatic hydroxyl groups excluding tert-OH is 2. The Bertz CT molecular complexity index is 923. The van der Waals surface area contributed by atoms with Crippen molar-refractivity contribution >= 4 is 27.3 Å². The molecule has 2 aromatic heterocycles. The number of nitrogens with one attached hydrogen (secondary N) is 1. The third-order valence-corrected chi connectivity index (χ3v) is 3.94. The van der Waals surface area contributed by atoms with Crippen LogP contribution in [0.5, 0.6) is 0 Å². The third kappa shape index (κ3) is 2.97. The number of H-pyrrole nitrogens is 1. The molecule has 1 aliphatic heterocycles. The van der Waals surface area contributed by atoms with Gasteiger partial charge < -0.3 is 20.7 Å². The van der Waals surface area contributed by atoms with Crippen molar-refractivity contribution in [1.82, 2.24) is 19.5 Å². The average molecular weight is 362 g/mol. The quantitative estimate of drug-likeness (QED) is 0.363. The topological polar surface area (TPSA) is 209 Å². The number of nitrogen functional groups attached to an aromatic ring is 1. The number of hydrogen-bond donors (Lipinski definition) is 5. The van der Waals surface area contributed by atoms with E-state index in [9.17, 15) is 23.4 Å². The largest absolute Gasteiger partial charge is 0.387 e. The molecule has 2 aromatic rings. The Morgan fingerprint density at radius 2 is 2.12 bits per heavy atom. The van der Waals surface area contributed by atoms with Gasteiger partial charge in [-0.25, -0.2) is 14.9 Å². The van der Waals surface area contributed by atoms with Crippen molar-refractivity contribution in [2.45, 2.75) is 24.5 Å². The summed E-state index contributed by atoms with van der Waals surface area (Å²) in [5, 5.41) is 24.8. The smallest absolute Gasteiger partial charge is 0.348 e. The minimum absolute atomic E-state index is 0.0223. The second-order valence-corrected chi connectivity index (χ2v) is 6.32. The molecular weight excluding hydrogens is 348 g/mol. The fourth-order valence-electron chi connectivity index (χ4n) is 2.40. The van der Waals surface area contributed by atoms with Gasteiger partial charge in [-0.1, -0.05) is 0 Å². The van der Waals surface area contributed by atoms with Crippen molar-refractivity contribution in [1.29, 1.82) is 0 Å². The molecule has 3 rings (SSSR count). The predicted octanol–water partition coefficient (Wildman–Crippen LogP) is -3.46. The summed E-state index contributed by atoms with van der Waals surface area (Å²) in [4.78, 5) is 21.4. The lowest BCUT2D eigenvalue weighted by molar-refractivity contribution is -0.0467. The summed E-state index contributed by atoms with van der Waals surface area (Å²) in [5.74, 6) is -0.0223. The van der Waals surface area contributed by atoms with Gasteiger partial charge in [-0.15, -0.1) is 0 Å². The fraction of sp³-hybridized carbons (Fsp3) is 0.500. The van der Waals surface area contributed by atoms with Crippen LogP contribution in [-0.4, -0.2) is 63.1 Å². The number of aromatic amines is 1. The number of ether oxygens (including phenoxy) is 1. The van der Waals surface area contributed by atoms with Crippen LogP contribution < -0.4 is 16.6 Å². The molecule has 0 spiro atoms. The first-order valence-corrected chi connectivity index (χ1v) is 8.05. The second-order valence-electron chi connectivity index (χ2n) is 5.10. The molecule has 4 atom stereocenters. The monoisotopic (exact) mass is 362 g/mol. The van der Waals surface area contributed by atoms with Crippen LogP contribution in [0.3, 0.4) is 0 Å². The molecule has 0 unspecified atom stereocenters. The van der Waals surface area contributed by atoms with Crippen molar-refractivity contribution in [2.24, 2.45) is 5.14 Å². The van der Waals surface area contributed by atoms with Gasteiger partial charge in [0, 0.05) is 0 Å². The van der Waals surface area contributed by atoms with Crippen LogP contribution >= 0.6 is 0 Å². The molecule has 0 radical (unpaired) electrons. The Morgan fingerprint density at radius 3 is 2.79 bits per heavy atom. The van der Waals surface area contributed by atoms with E-state index in [2.05, 4.69) is 19.1 Å². The van der Waals surface area contributed by atoms with E-state index < -0.39 is 47.1 Å². The van der Waals surface area contributed by atoms with Crippen LogP contribution in [0.15, 0.2) is 11.1 Å². The van der Waals surface area contributed by atoms with Crippen LogP contribution in [0.1, 0.15) is 6.23 Å². The molecule has 132 valence electrons. The zero-order chi connectivity index (χ0) is 17.6. The van der Waals surface area contributed by atoms with Gasteiger partial charge in [0.1, 0.15) is 29.6 Å². The number of aliphatic hydroxyl groups is 2. The van der Waals surface area contributed by atoms with Crippen molar-refractivity contribution < 1.29 is 27.6 Å². The maximum atomic E-state index is 11.5. The van der Waals surface area contributed by atoms with Crippen molar-refractivity contribution in [3.05, 3.63) is 16.8 Å². The maximum absolute atomic E-state index is 11.5. The third-order valence-electron chi connectivity index (χ3n) is 3.48. The van der Waals surface area contributed by atoms with Crippen LogP contribution in [0.25, 0.3) is 11.2 Å². The molecule has 1 aliphatic rings. The highest BCUT2D eigenvalue weighted by Crippen LogP contribution is 2.31. The van der Waals surface area contributed by atoms with Gasteiger partial charge in [-0.05, 0) is 0 Å². The predicted molar refractivity (Wildman–Crippen MR) is 77.5 cm³/mol. The molecule has 3 heterocycles. The Morgan fingerprint density at radius 1 is 1.42 bits per heavy atom. The summed E-state index contributed by atoms with van der Waals surface area (Å²) in [6, 6.07) is 0. The standard InChI is InChI=1S/C10H14N6O7S/c11-7-4-8(15-10(19)14-7)16(2-13-4)9-6(18)5(17)3(23-9)1-22-24(12,20)21/h2-3,5-6,9,17-18H,1H2,(H2,12,20,21)(H3,11,14,15,19)/t3-,5-,6-,9-/m1/s1. The number of hydrogen-bond acceptors (Lipinski definition) is 10. The van der Waals surface area contributed by atoms with E-state index >= 15 is 0 Å². The van der Waals surface area contributed by atoms with Gasteiger partial charge in [0.2, 0.25) is 0 Å². The highest BCUT2D eigenvalue weighted by molar-refractivity contribution is 7.84. The molecule has 0 aliphatic carbocycles. The zero-order valence-electron chi connectivity index (χ0n) is 11.9. The molecule has 14 heteroatoms. The van der Waals surface area contributed by atoms with Gasteiger partial charge in [0.15, 0.2) is 11.9 Å². The summed E-state index contributed by atoms with van der Waals surface area (Å²) >= 11 is 0. The summed E-state index contributed by atoms with van der Waals surface area (Å²) < 4.78 is 32.6. The van der Waals surface area contributed by atoms with Crippen molar-refractivity contribution in [3.8, 4) is 0 Å². The molecule has 1 saturated heterocycles. The molecule has 0 aromatic carbocycles. The van der Waals surface area contributed by atoms with Crippen LogP contribution in [0.4, 0.5) is 5.82 Å². The number of fused-ring (bicyclic) bond motifs is 1. The fourth-order valence-corrected chi connectivity index (χ4v) is 2.72. The lowest BCUT2D eigenvalue weighted by atomic mass is 10.1. The van der Waals surface area contributed by atoms with E-state index in [1.54, 1.807) is 0 Å². The number of nitrogens with two attached hydrogens (primary N) is 2. The Kier molecular flexibility index (Phi) is 4.02. The Hall–Kier alpha value is -2.10. The molecule has 13 nitrogen and oxygen atoms in total. The highest BCUT2D eigenvalue weighted by Gasteiger charge is 2.44. The molecular formula is C10H14N6O7S. The van der Waals surface area contributed by atoms with Crippen LogP contribution in [0.2, 0.25) is 0 Å².